The molecule has 116 valence electrons. The highest BCUT2D eigenvalue weighted by Crippen LogP contribution is 2.28. The van der Waals surface area contributed by atoms with E-state index in [0.29, 0.717) is 5.95 Å². The summed E-state index contributed by atoms with van der Waals surface area (Å²) in [7, 11) is 2.12. The summed E-state index contributed by atoms with van der Waals surface area (Å²) in [5.41, 5.74) is 0.830. The first-order valence-electron chi connectivity index (χ1n) is 7.21. The monoisotopic (exact) mass is 363 g/mol. The molecular weight excluding hydrogens is 346 g/mol. The van der Waals surface area contributed by atoms with Crippen LogP contribution in [0.25, 0.3) is 10.9 Å². The minimum Gasteiger partial charge on any atom is -0.353 e. The van der Waals surface area contributed by atoms with Crippen molar-refractivity contribution in [1.82, 2.24) is 14.9 Å². The topological polar surface area (TPSA) is 61.4 Å². The summed E-state index contributed by atoms with van der Waals surface area (Å²) in [6.45, 7) is 5.28. The van der Waals surface area contributed by atoms with Crippen molar-refractivity contribution in [2.45, 2.75) is 6.92 Å². The molecule has 0 unspecified atom stereocenters. The van der Waals surface area contributed by atoms with Crippen LogP contribution in [-0.2, 0) is 4.79 Å². The Labute approximate surface area is 137 Å². The zero-order chi connectivity index (χ0) is 15.7. The van der Waals surface area contributed by atoms with Crippen LogP contribution in [0.3, 0.4) is 0 Å². The van der Waals surface area contributed by atoms with Gasteiger partial charge in [-0.05, 0) is 25.2 Å². The number of piperazine rings is 1. The number of likely N-dealkylation sites (N-methyl/N-ethyl adjacent to an activating group) is 1. The summed E-state index contributed by atoms with van der Waals surface area (Å²) in [6.07, 6.45) is 0. The van der Waals surface area contributed by atoms with Gasteiger partial charge in [-0.25, -0.2) is 4.98 Å². The number of hydrogen-bond donors (Lipinski definition) is 1. The number of amides is 1. The minimum absolute atomic E-state index is 0.166. The molecule has 0 aliphatic carbocycles. The van der Waals surface area contributed by atoms with Crippen LogP contribution in [0.5, 0.6) is 0 Å². The zero-order valence-electron chi connectivity index (χ0n) is 12.6. The Morgan fingerprint density at radius 2 is 1.95 bits per heavy atom. The molecule has 2 heterocycles. The Kier molecular flexibility index (Phi) is 4.26. The van der Waals surface area contributed by atoms with Crippen LogP contribution in [0.4, 0.5) is 11.8 Å². The number of carbonyl (C=O) groups is 1. The van der Waals surface area contributed by atoms with Crippen LogP contribution in [0.2, 0.25) is 0 Å². The summed E-state index contributed by atoms with van der Waals surface area (Å²) in [5, 5.41) is 3.68. The molecule has 1 amide bonds. The molecule has 1 N–H and O–H groups in total. The third kappa shape index (κ3) is 3.20. The second-order valence-electron chi connectivity index (χ2n) is 5.50. The van der Waals surface area contributed by atoms with Gasteiger partial charge >= 0.3 is 0 Å². The van der Waals surface area contributed by atoms with Crippen molar-refractivity contribution in [1.29, 1.82) is 0 Å². The molecule has 1 aliphatic rings. The smallest absolute Gasteiger partial charge is 0.231 e. The molecule has 2 aromatic rings. The molecule has 7 heteroatoms. The van der Waals surface area contributed by atoms with Crippen molar-refractivity contribution in [3.05, 3.63) is 22.7 Å². The van der Waals surface area contributed by atoms with E-state index in [1.165, 1.54) is 6.92 Å². The van der Waals surface area contributed by atoms with Crippen molar-refractivity contribution in [2.75, 3.05) is 43.4 Å². The summed E-state index contributed by atoms with van der Waals surface area (Å²) in [4.78, 5) is 24.9. The third-order valence-corrected chi connectivity index (χ3v) is 4.22. The zero-order valence-corrected chi connectivity index (χ0v) is 14.2. The van der Waals surface area contributed by atoms with E-state index in [2.05, 4.69) is 48.1 Å². The summed E-state index contributed by atoms with van der Waals surface area (Å²) in [6, 6.07) is 5.91. The van der Waals surface area contributed by atoms with Crippen LogP contribution >= 0.6 is 15.9 Å². The van der Waals surface area contributed by atoms with Crippen LogP contribution < -0.4 is 10.2 Å². The van der Waals surface area contributed by atoms with Crippen LogP contribution in [0.1, 0.15) is 6.92 Å². The molecule has 1 aromatic heterocycles. The first kappa shape index (κ1) is 15.2. The molecule has 0 radical (unpaired) electrons. The molecule has 1 fully saturated rings. The largest absolute Gasteiger partial charge is 0.353 e. The molecule has 0 saturated carbocycles. The molecule has 1 aromatic carbocycles. The second-order valence-corrected chi connectivity index (χ2v) is 6.42. The van der Waals surface area contributed by atoms with Gasteiger partial charge < -0.3 is 9.80 Å². The molecule has 1 aliphatic heterocycles. The highest BCUT2D eigenvalue weighted by Gasteiger charge is 2.19. The highest BCUT2D eigenvalue weighted by molar-refractivity contribution is 9.10. The molecular formula is C15H18BrN5O. The van der Waals surface area contributed by atoms with Gasteiger partial charge in [0.05, 0.1) is 5.52 Å². The number of benzene rings is 1. The second kappa shape index (κ2) is 6.18. The molecule has 22 heavy (non-hydrogen) atoms. The van der Waals surface area contributed by atoms with Gasteiger partial charge in [0.1, 0.15) is 5.82 Å². The fourth-order valence-corrected chi connectivity index (χ4v) is 2.92. The molecule has 6 nitrogen and oxygen atoms in total. The van der Waals surface area contributed by atoms with E-state index in [1.54, 1.807) is 0 Å². The van der Waals surface area contributed by atoms with Crippen molar-refractivity contribution in [3.8, 4) is 0 Å². The Morgan fingerprint density at radius 1 is 1.23 bits per heavy atom. The predicted octanol–water partition coefficient (Wildman–Crippen LogP) is 2.10. The highest BCUT2D eigenvalue weighted by atomic mass is 79.9. The third-order valence-electron chi connectivity index (χ3n) is 3.73. The van der Waals surface area contributed by atoms with Crippen molar-refractivity contribution in [3.63, 3.8) is 0 Å². The van der Waals surface area contributed by atoms with Gasteiger partial charge in [-0.3, -0.25) is 10.1 Å². The maximum Gasteiger partial charge on any atom is 0.231 e. The van der Waals surface area contributed by atoms with Crippen LogP contribution in [0.15, 0.2) is 22.7 Å². The van der Waals surface area contributed by atoms with Gasteiger partial charge in [-0.2, -0.15) is 4.98 Å². The number of nitrogens with zero attached hydrogens (tertiary/aromatic N) is 4. The molecule has 3 rings (SSSR count). The lowest BCUT2D eigenvalue weighted by molar-refractivity contribution is -0.114. The van der Waals surface area contributed by atoms with Crippen molar-refractivity contribution >= 4 is 44.5 Å². The quantitative estimate of drug-likeness (QED) is 0.885. The maximum absolute atomic E-state index is 11.3. The molecule has 1 saturated heterocycles. The minimum atomic E-state index is -0.166. The van der Waals surface area contributed by atoms with E-state index in [1.807, 2.05) is 18.2 Å². The van der Waals surface area contributed by atoms with E-state index in [-0.39, 0.29) is 5.91 Å². The number of aromatic nitrogens is 2. The fourth-order valence-electron chi connectivity index (χ4n) is 2.56. The number of rotatable bonds is 2. The lowest BCUT2D eigenvalue weighted by atomic mass is 10.2. The van der Waals surface area contributed by atoms with Crippen molar-refractivity contribution in [2.24, 2.45) is 0 Å². The van der Waals surface area contributed by atoms with E-state index < -0.39 is 0 Å². The average molecular weight is 364 g/mol. The van der Waals surface area contributed by atoms with Gasteiger partial charge in [-0.1, -0.05) is 15.9 Å². The van der Waals surface area contributed by atoms with E-state index >= 15 is 0 Å². The van der Waals surface area contributed by atoms with E-state index in [0.717, 1.165) is 47.4 Å². The Hall–Kier alpha value is -1.73. The summed E-state index contributed by atoms with van der Waals surface area (Å²) >= 11 is 3.51. The Morgan fingerprint density at radius 3 is 2.64 bits per heavy atom. The first-order valence-corrected chi connectivity index (χ1v) is 8.00. The molecule has 0 bridgehead atoms. The standard InChI is InChI=1S/C15H18BrN5O/c1-10(22)17-15-18-13-4-3-11(16)9-12(13)14(19-15)21-7-5-20(2)6-8-21/h3-4,9H,5-8H2,1-2H3,(H,17,18,19,22). The van der Waals surface area contributed by atoms with Gasteiger partial charge in [0.25, 0.3) is 0 Å². The Bertz CT molecular complexity index is 712. The summed E-state index contributed by atoms with van der Waals surface area (Å²) in [5.74, 6) is 1.07. The van der Waals surface area contributed by atoms with Gasteiger partial charge in [0.2, 0.25) is 11.9 Å². The van der Waals surface area contributed by atoms with Gasteiger partial charge in [0.15, 0.2) is 0 Å². The fraction of sp³-hybridized carbons (Fsp3) is 0.400. The number of anilines is 2. The average Bonchev–Trinajstić information content (AvgIpc) is 2.47. The first-order chi connectivity index (χ1) is 10.5. The summed E-state index contributed by atoms with van der Waals surface area (Å²) < 4.78 is 0.992. The normalized spacial score (nSPS) is 16.0. The Balaban J connectivity index is 2.08. The number of nitrogens with one attached hydrogen (secondary N) is 1. The van der Waals surface area contributed by atoms with E-state index in [9.17, 15) is 4.79 Å². The van der Waals surface area contributed by atoms with Gasteiger partial charge in [-0.15, -0.1) is 0 Å². The lowest BCUT2D eigenvalue weighted by Gasteiger charge is -2.33. The molecule has 0 spiro atoms. The van der Waals surface area contributed by atoms with Crippen molar-refractivity contribution < 1.29 is 4.79 Å². The van der Waals surface area contributed by atoms with Crippen LogP contribution in [-0.4, -0.2) is 54.0 Å². The number of carbonyl (C=O) groups excluding carboxylic acids is 1. The number of hydrogen-bond acceptors (Lipinski definition) is 5. The number of fused-ring (bicyclic) bond motifs is 1. The molecule has 0 atom stereocenters. The van der Waals surface area contributed by atoms with E-state index in [4.69, 9.17) is 0 Å². The number of halogens is 1. The predicted molar refractivity (Wildman–Crippen MR) is 91.3 cm³/mol. The SMILES string of the molecule is CC(=O)Nc1nc(N2CCN(C)CC2)c2cc(Br)ccc2n1. The van der Waals surface area contributed by atoms with Gasteiger partial charge in [0, 0.05) is 43.0 Å². The maximum atomic E-state index is 11.3. The lowest BCUT2D eigenvalue weighted by Crippen LogP contribution is -2.45. The van der Waals surface area contributed by atoms with Crippen LogP contribution in [0, 0.1) is 0 Å².